The molecule has 0 bridgehead atoms. The highest BCUT2D eigenvalue weighted by atomic mass is 16.5. The molecule has 1 N–H and O–H groups in total. The minimum absolute atomic E-state index is 0.0515. The normalized spacial score (nSPS) is 13.5. The number of hydrogen-bond acceptors (Lipinski definition) is 4. The van der Waals surface area contributed by atoms with Gasteiger partial charge in [-0.05, 0) is 30.7 Å². The van der Waals surface area contributed by atoms with Crippen LogP contribution in [0.4, 0.5) is 11.4 Å². The first-order valence-corrected chi connectivity index (χ1v) is 6.19. The molecule has 0 spiro atoms. The average Bonchev–Trinajstić information content (AvgIpc) is 2.95. The quantitative estimate of drug-likeness (QED) is 0.903. The predicted octanol–water partition coefficient (Wildman–Crippen LogP) is 1.75. The first kappa shape index (κ1) is 12.4. The van der Waals surface area contributed by atoms with Crippen LogP contribution in [0.3, 0.4) is 0 Å². The third-order valence-electron chi connectivity index (χ3n) is 3.28. The zero-order valence-electron chi connectivity index (χ0n) is 11.1. The van der Waals surface area contributed by atoms with Gasteiger partial charge in [0.1, 0.15) is 5.76 Å². The van der Waals surface area contributed by atoms with Crippen molar-refractivity contribution < 1.29 is 14.1 Å². The first-order chi connectivity index (χ1) is 9.54. The summed E-state index contributed by atoms with van der Waals surface area (Å²) in [6.45, 7) is 1.72. The summed E-state index contributed by atoms with van der Waals surface area (Å²) in [5, 5.41) is 6.40. The molecule has 0 aliphatic carbocycles. The summed E-state index contributed by atoms with van der Waals surface area (Å²) in [4.78, 5) is 25.2. The van der Waals surface area contributed by atoms with E-state index in [1.54, 1.807) is 31.0 Å². The number of aromatic nitrogens is 1. The van der Waals surface area contributed by atoms with Gasteiger partial charge in [0.25, 0.3) is 5.91 Å². The molecule has 0 saturated heterocycles. The van der Waals surface area contributed by atoms with Gasteiger partial charge in [-0.2, -0.15) is 0 Å². The summed E-state index contributed by atoms with van der Waals surface area (Å²) in [7, 11) is 1.74. The van der Waals surface area contributed by atoms with E-state index < -0.39 is 0 Å². The summed E-state index contributed by atoms with van der Waals surface area (Å²) >= 11 is 0. The molecular formula is C14H13N3O3. The molecule has 0 unspecified atom stereocenters. The van der Waals surface area contributed by atoms with Crippen molar-refractivity contribution in [2.45, 2.75) is 13.3 Å². The summed E-state index contributed by atoms with van der Waals surface area (Å²) in [6, 6.07) is 6.96. The summed E-state index contributed by atoms with van der Waals surface area (Å²) in [6.07, 6.45) is 0.360. The Labute approximate surface area is 115 Å². The number of hydrogen-bond donors (Lipinski definition) is 1. The molecular weight excluding hydrogens is 258 g/mol. The van der Waals surface area contributed by atoms with Crippen molar-refractivity contribution in [3.8, 4) is 0 Å². The summed E-state index contributed by atoms with van der Waals surface area (Å²) < 4.78 is 4.86. The minimum Gasteiger partial charge on any atom is -0.361 e. The lowest BCUT2D eigenvalue weighted by Crippen LogP contribution is -2.20. The van der Waals surface area contributed by atoms with Gasteiger partial charge < -0.3 is 14.7 Å². The second-order valence-electron chi connectivity index (χ2n) is 4.75. The van der Waals surface area contributed by atoms with Crippen molar-refractivity contribution in [1.29, 1.82) is 0 Å². The van der Waals surface area contributed by atoms with Crippen molar-refractivity contribution in [3.05, 3.63) is 41.3 Å². The number of rotatable bonds is 2. The smallest absolute Gasteiger partial charge is 0.277 e. The standard InChI is InChI=1S/C14H13N3O3/c1-8-5-11(16-20-8)14(19)15-10-3-4-12-9(6-10)7-13(18)17(12)2/h3-6H,7H2,1-2H3,(H,15,19). The van der Waals surface area contributed by atoms with Gasteiger partial charge in [-0.3, -0.25) is 9.59 Å². The SMILES string of the molecule is Cc1cc(C(=O)Nc2ccc3c(c2)CC(=O)N3C)no1. The molecule has 1 aliphatic rings. The number of nitrogens with one attached hydrogen (secondary N) is 1. The van der Waals surface area contributed by atoms with E-state index in [1.807, 2.05) is 12.1 Å². The van der Waals surface area contributed by atoms with Crippen molar-refractivity contribution in [1.82, 2.24) is 5.16 Å². The van der Waals surface area contributed by atoms with Crippen molar-refractivity contribution in [2.24, 2.45) is 0 Å². The number of likely N-dealkylation sites (N-methyl/N-ethyl adjacent to an activating group) is 1. The third kappa shape index (κ3) is 2.05. The van der Waals surface area contributed by atoms with Gasteiger partial charge in [-0.15, -0.1) is 0 Å². The van der Waals surface area contributed by atoms with Gasteiger partial charge in [0.2, 0.25) is 5.91 Å². The van der Waals surface area contributed by atoms with E-state index in [-0.39, 0.29) is 17.5 Å². The molecule has 2 amide bonds. The zero-order valence-corrected chi connectivity index (χ0v) is 11.1. The van der Waals surface area contributed by atoms with Gasteiger partial charge in [-0.25, -0.2) is 0 Å². The fourth-order valence-corrected chi connectivity index (χ4v) is 2.22. The summed E-state index contributed by atoms with van der Waals surface area (Å²) in [5.74, 6) is 0.298. The van der Waals surface area contributed by atoms with Crippen LogP contribution < -0.4 is 10.2 Å². The molecule has 0 atom stereocenters. The van der Waals surface area contributed by atoms with E-state index in [9.17, 15) is 9.59 Å². The van der Waals surface area contributed by atoms with Crippen LogP contribution in [-0.2, 0) is 11.2 Å². The van der Waals surface area contributed by atoms with E-state index in [4.69, 9.17) is 4.52 Å². The molecule has 6 nitrogen and oxygen atoms in total. The van der Waals surface area contributed by atoms with Gasteiger partial charge in [0.15, 0.2) is 5.69 Å². The number of anilines is 2. The Balaban J connectivity index is 1.81. The Kier molecular flexibility index (Phi) is 2.78. The average molecular weight is 271 g/mol. The molecule has 102 valence electrons. The molecule has 6 heteroatoms. The Morgan fingerprint density at radius 1 is 1.40 bits per heavy atom. The van der Waals surface area contributed by atoms with Gasteiger partial charge in [0, 0.05) is 24.5 Å². The summed E-state index contributed by atoms with van der Waals surface area (Å²) in [5.41, 5.74) is 2.66. The number of benzene rings is 1. The van der Waals surface area contributed by atoms with E-state index >= 15 is 0 Å². The molecule has 20 heavy (non-hydrogen) atoms. The largest absolute Gasteiger partial charge is 0.361 e. The number of amides is 2. The van der Waals surface area contributed by atoms with Crippen LogP contribution in [0, 0.1) is 6.92 Å². The van der Waals surface area contributed by atoms with Crippen molar-refractivity contribution in [3.63, 3.8) is 0 Å². The van der Waals surface area contributed by atoms with Crippen molar-refractivity contribution in [2.75, 3.05) is 17.3 Å². The highest BCUT2D eigenvalue weighted by molar-refractivity contribution is 6.04. The van der Waals surface area contributed by atoms with E-state index in [0.29, 0.717) is 17.9 Å². The predicted molar refractivity (Wildman–Crippen MR) is 72.7 cm³/mol. The second-order valence-corrected chi connectivity index (χ2v) is 4.75. The number of carbonyl (C=O) groups is 2. The highest BCUT2D eigenvalue weighted by Gasteiger charge is 2.24. The lowest BCUT2D eigenvalue weighted by atomic mass is 10.1. The molecule has 1 aromatic heterocycles. The third-order valence-corrected chi connectivity index (χ3v) is 3.28. The van der Waals surface area contributed by atoms with Crippen LogP contribution >= 0.6 is 0 Å². The number of nitrogens with zero attached hydrogens (tertiary/aromatic N) is 2. The van der Waals surface area contributed by atoms with E-state index in [2.05, 4.69) is 10.5 Å². The lowest BCUT2D eigenvalue weighted by molar-refractivity contribution is -0.117. The topological polar surface area (TPSA) is 75.4 Å². The maximum absolute atomic E-state index is 11.9. The van der Waals surface area contributed by atoms with E-state index in [0.717, 1.165) is 11.3 Å². The fourth-order valence-electron chi connectivity index (χ4n) is 2.22. The molecule has 0 radical (unpaired) electrons. The molecule has 0 fully saturated rings. The Morgan fingerprint density at radius 2 is 2.20 bits per heavy atom. The monoisotopic (exact) mass is 271 g/mol. The maximum Gasteiger partial charge on any atom is 0.277 e. The Bertz CT molecular complexity index is 705. The molecule has 2 heterocycles. The zero-order chi connectivity index (χ0) is 14.3. The van der Waals surface area contributed by atoms with Gasteiger partial charge in [0.05, 0.1) is 6.42 Å². The van der Waals surface area contributed by atoms with Crippen LogP contribution in [-0.4, -0.2) is 24.0 Å². The molecule has 3 rings (SSSR count). The maximum atomic E-state index is 11.9. The van der Waals surface area contributed by atoms with Gasteiger partial charge >= 0.3 is 0 Å². The van der Waals surface area contributed by atoms with Gasteiger partial charge in [-0.1, -0.05) is 5.16 Å². The van der Waals surface area contributed by atoms with Crippen LogP contribution in [0.25, 0.3) is 0 Å². The van der Waals surface area contributed by atoms with Crippen LogP contribution in [0.1, 0.15) is 21.8 Å². The minimum atomic E-state index is -0.334. The number of aryl methyl sites for hydroxylation is 1. The lowest BCUT2D eigenvalue weighted by Gasteiger charge is -2.10. The molecule has 1 aliphatic heterocycles. The van der Waals surface area contributed by atoms with E-state index in [1.165, 1.54) is 0 Å². The Hall–Kier alpha value is -2.63. The molecule has 1 aromatic carbocycles. The van der Waals surface area contributed by atoms with Crippen LogP contribution in [0.2, 0.25) is 0 Å². The molecule has 0 saturated carbocycles. The highest BCUT2D eigenvalue weighted by Crippen LogP contribution is 2.30. The number of fused-ring (bicyclic) bond motifs is 1. The first-order valence-electron chi connectivity index (χ1n) is 6.19. The van der Waals surface area contributed by atoms with Crippen LogP contribution in [0.5, 0.6) is 0 Å². The Morgan fingerprint density at radius 3 is 2.90 bits per heavy atom. The van der Waals surface area contributed by atoms with Crippen molar-refractivity contribution >= 4 is 23.2 Å². The van der Waals surface area contributed by atoms with Crippen LogP contribution in [0.15, 0.2) is 28.8 Å². The second kappa shape index (κ2) is 4.48. The number of carbonyl (C=O) groups excluding carboxylic acids is 2. The fraction of sp³-hybridized carbons (Fsp3) is 0.214. The molecule has 2 aromatic rings.